The number of benzene rings is 1. The third-order valence-corrected chi connectivity index (χ3v) is 2.65. The highest BCUT2D eigenvalue weighted by atomic mass is 19.1. The van der Waals surface area contributed by atoms with E-state index in [-0.39, 0.29) is 11.7 Å². The van der Waals surface area contributed by atoms with Gasteiger partial charge in [-0.15, -0.1) is 0 Å². The standard InChI is InChI=1S/C10H13FN2O/c11-8-3-1-2-7-9(8)13-5-6(4-12)10(7)14/h1-3,6,10,13-14H,4-5,12H2. The van der Waals surface area contributed by atoms with Gasteiger partial charge in [0.05, 0.1) is 11.8 Å². The fourth-order valence-electron chi connectivity index (χ4n) is 1.78. The van der Waals surface area contributed by atoms with Crippen LogP contribution in [0.15, 0.2) is 18.2 Å². The molecular formula is C10H13FN2O. The molecule has 1 aliphatic rings. The first-order valence-electron chi connectivity index (χ1n) is 4.64. The third-order valence-electron chi connectivity index (χ3n) is 2.65. The molecule has 0 spiro atoms. The van der Waals surface area contributed by atoms with Gasteiger partial charge >= 0.3 is 0 Å². The maximum absolute atomic E-state index is 13.3. The summed E-state index contributed by atoms with van der Waals surface area (Å²) in [5.74, 6) is -0.360. The highest BCUT2D eigenvalue weighted by Crippen LogP contribution is 2.34. The van der Waals surface area contributed by atoms with Crippen molar-refractivity contribution in [1.82, 2.24) is 0 Å². The lowest BCUT2D eigenvalue weighted by Crippen LogP contribution is -2.33. The molecule has 1 aromatic carbocycles. The molecule has 0 aliphatic carbocycles. The van der Waals surface area contributed by atoms with Crippen LogP contribution in [0.5, 0.6) is 0 Å². The average Bonchev–Trinajstić information content (AvgIpc) is 2.20. The number of nitrogens with one attached hydrogen (secondary N) is 1. The number of aliphatic hydroxyl groups is 1. The Bertz CT molecular complexity index is 343. The Hall–Kier alpha value is -1.13. The molecule has 2 unspecified atom stereocenters. The zero-order valence-corrected chi connectivity index (χ0v) is 7.70. The van der Waals surface area contributed by atoms with Gasteiger partial charge in [-0.25, -0.2) is 4.39 Å². The molecule has 1 heterocycles. The lowest BCUT2D eigenvalue weighted by molar-refractivity contribution is 0.114. The van der Waals surface area contributed by atoms with Crippen LogP contribution in [0.4, 0.5) is 10.1 Å². The van der Waals surface area contributed by atoms with Crippen LogP contribution in [0, 0.1) is 11.7 Å². The van der Waals surface area contributed by atoms with Crippen molar-refractivity contribution >= 4 is 5.69 Å². The molecule has 2 atom stereocenters. The fraction of sp³-hybridized carbons (Fsp3) is 0.400. The van der Waals surface area contributed by atoms with Gasteiger partial charge in [-0.05, 0) is 12.6 Å². The van der Waals surface area contributed by atoms with Gasteiger partial charge in [0.25, 0.3) is 0 Å². The molecule has 3 nitrogen and oxygen atoms in total. The van der Waals surface area contributed by atoms with Crippen LogP contribution >= 0.6 is 0 Å². The summed E-state index contributed by atoms with van der Waals surface area (Å²) >= 11 is 0. The summed E-state index contributed by atoms with van der Waals surface area (Å²) in [5.41, 5.74) is 6.51. The van der Waals surface area contributed by atoms with Crippen LogP contribution in [0.1, 0.15) is 11.7 Å². The summed E-state index contributed by atoms with van der Waals surface area (Å²) in [7, 11) is 0. The van der Waals surface area contributed by atoms with Crippen molar-refractivity contribution in [1.29, 1.82) is 0 Å². The highest BCUT2D eigenvalue weighted by Gasteiger charge is 2.28. The Morgan fingerprint density at radius 2 is 2.36 bits per heavy atom. The maximum Gasteiger partial charge on any atom is 0.146 e. The average molecular weight is 196 g/mol. The van der Waals surface area contributed by atoms with Crippen LogP contribution in [0.2, 0.25) is 0 Å². The molecule has 76 valence electrons. The Kier molecular flexibility index (Phi) is 2.39. The minimum atomic E-state index is -0.660. The number of rotatable bonds is 1. The molecule has 2 rings (SSSR count). The quantitative estimate of drug-likeness (QED) is 0.624. The maximum atomic E-state index is 13.3. The fourth-order valence-corrected chi connectivity index (χ4v) is 1.78. The predicted octanol–water partition coefficient (Wildman–Crippen LogP) is 0.860. The Labute approximate surface area is 81.7 Å². The topological polar surface area (TPSA) is 58.3 Å². The number of anilines is 1. The van der Waals surface area contributed by atoms with Gasteiger partial charge in [-0.1, -0.05) is 12.1 Å². The van der Waals surface area contributed by atoms with Crippen LogP contribution in [0.3, 0.4) is 0 Å². The molecule has 0 saturated heterocycles. The number of fused-ring (bicyclic) bond motifs is 1. The summed E-state index contributed by atoms with van der Waals surface area (Å²) in [6.07, 6.45) is -0.660. The molecule has 0 fully saturated rings. The van der Waals surface area contributed by atoms with E-state index < -0.39 is 6.10 Å². The summed E-state index contributed by atoms with van der Waals surface area (Å²) in [6.45, 7) is 0.912. The van der Waals surface area contributed by atoms with Gasteiger partial charge in [0.2, 0.25) is 0 Å². The SMILES string of the molecule is NCC1CNc2c(F)cccc2C1O. The van der Waals surface area contributed by atoms with Crippen molar-refractivity contribution in [2.75, 3.05) is 18.4 Å². The molecule has 1 aliphatic heterocycles. The first-order chi connectivity index (χ1) is 6.74. The molecule has 4 heteroatoms. The second kappa shape index (κ2) is 3.55. The number of para-hydroxylation sites is 1. The summed E-state index contributed by atoms with van der Waals surface area (Å²) < 4.78 is 13.3. The van der Waals surface area contributed by atoms with E-state index in [2.05, 4.69) is 5.32 Å². The minimum absolute atomic E-state index is 0.0377. The summed E-state index contributed by atoms with van der Waals surface area (Å²) in [4.78, 5) is 0. The molecule has 0 radical (unpaired) electrons. The Morgan fingerprint density at radius 1 is 1.57 bits per heavy atom. The minimum Gasteiger partial charge on any atom is -0.388 e. The van der Waals surface area contributed by atoms with Crippen molar-refractivity contribution in [3.63, 3.8) is 0 Å². The molecular weight excluding hydrogens is 183 g/mol. The summed E-state index contributed by atoms with van der Waals surface area (Å²) in [5, 5.41) is 12.8. The van der Waals surface area contributed by atoms with E-state index >= 15 is 0 Å². The van der Waals surface area contributed by atoms with Crippen molar-refractivity contribution in [3.05, 3.63) is 29.6 Å². The highest BCUT2D eigenvalue weighted by molar-refractivity contribution is 5.55. The monoisotopic (exact) mass is 196 g/mol. The largest absolute Gasteiger partial charge is 0.388 e. The van der Waals surface area contributed by atoms with Gasteiger partial charge in [0.15, 0.2) is 0 Å². The van der Waals surface area contributed by atoms with Gasteiger partial charge in [-0.3, -0.25) is 0 Å². The van der Waals surface area contributed by atoms with E-state index in [1.54, 1.807) is 12.1 Å². The number of nitrogens with two attached hydrogens (primary N) is 1. The van der Waals surface area contributed by atoms with E-state index in [4.69, 9.17) is 5.73 Å². The van der Waals surface area contributed by atoms with Gasteiger partial charge in [-0.2, -0.15) is 0 Å². The van der Waals surface area contributed by atoms with Crippen molar-refractivity contribution in [2.45, 2.75) is 6.10 Å². The second-order valence-electron chi connectivity index (χ2n) is 3.53. The molecule has 14 heavy (non-hydrogen) atoms. The molecule has 1 aromatic rings. The molecule has 4 N–H and O–H groups in total. The van der Waals surface area contributed by atoms with Crippen LogP contribution in [-0.2, 0) is 0 Å². The van der Waals surface area contributed by atoms with Crippen molar-refractivity contribution in [2.24, 2.45) is 11.7 Å². The number of hydrogen-bond donors (Lipinski definition) is 3. The molecule has 0 bridgehead atoms. The predicted molar refractivity (Wildman–Crippen MR) is 52.4 cm³/mol. The Balaban J connectivity index is 2.41. The zero-order valence-electron chi connectivity index (χ0n) is 7.70. The van der Waals surface area contributed by atoms with E-state index in [9.17, 15) is 9.50 Å². The third kappa shape index (κ3) is 1.36. The van der Waals surface area contributed by atoms with Crippen LogP contribution in [0.25, 0.3) is 0 Å². The van der Waals surface area contributed by atoms with E-state index in [1.165, 1.54) is 6.07 Å². The van der Waals surface area contributed by atoms with E-state index in [0.717, 1.165) is 0 Å². The van der Waals surface area contributed by atoms with Gasteiger partial charge < -0.3 is 16.2 Å². The zero-order chi connectivity index (χ0) is 10.1. The molecule has 0 aromatic heterocycles. The van der Waals surface area contributed by atoms with Gasteiger partial charge in [0, 0.05) is 18.0 Å². The lowest BCUT2D eigenvalue weighted by atomic mass is 9.91. The Morgan fingerprint density at radius 3 is 3.07 bits per heavy atom. The van der Waals surface area contributed by atoms with E-state index in [1.807, 2.05) is 0 Å². The molecule has 0 saturated carbocycles. The van der Waals surface area contributed by atoms with Crippen LogP contribution < -0.4 is 11.1 Å². The lowest BCUT2D eigenvalue weighted by Gasteiger charge is -2.30. The van der Waals surface area contributed by atoms with E-state index in [0.29, 0.717) is 24.3 Å². The number of aliphatic hydroxyl groups excluding tert-OH is 1. The smallest absolute Gasteiger partial charge is 0.146 e. The van der Waals surface area contributed by atoms with Crippen molar-refractivity contribution in [3.8, 4) is 0 Å². The van der Waals surface area contributed by atoms with Crippen molar-refractivity contribution < 1.29 is 9.50 Å². The molecule has 0 amide bonds. The first-order valence-corrected chi connectivity index (χ1v) is 4.64. The normalized spacial score (nSPS) is 25.4. The van der Waals surface area contributed by atoms with Gasteiger partial charge in [0.1, 0.15) is 5.82 Å². The van der Waals surface area contributed by atoms with Crippen LogP contribution in [-0.4, -0.2) is 18.2 Å². The number of hydrogen-bond acceptors (Lipinski definition) is 3. The number of halogens is 1. The first kappa shape index (κ1) is 9.43. The second-order valence-corrected chi connectivity index (χ2v) is 3.53. The summed E-state index contributed by atoms with van der Waals surface area (Å²) in [6, 6.07) is 4.69.